The lowest BCUT2D eigenvalue weighted by atomic mass is 10.1. The van der Waals surface area contributed by atoms with Crippen molar-refractivity contribution in [2.45, 2.75) is 13.2 Å². The van der Waals surface area contributed by atoms with E-state index in [0.717, 1.165) is 5.56 Å². The fraction of sp³-hybridized carbons (Fsp3) is 0.200. The fourth-order valence-corrected chi connectivity index (χ4v) is 1.76. The average molecular weight is 298 g/mol. The molecule has 0 heterocycles. The Labute approximate surface area is 123 Å². The molecule has 0 aliphatic heterocycles. The highest BCUT2D eigenvalue weighted by Gasteiger charge is 2.07. The Morgan fingerprint density at radius 3 is 2.45 bits per heavy atom. The van der Waals surface area contributed by atoms with Crippen molar-refractivity contribution >= 4 is 12.4 Å². The number of benzene rings is 2. The van der Waals surface area contributed by atoms with Crippen LogP contribution in [0.15, 0.2) is 42.5 Å². The van der Waals surface area contributed by atoms with Crippen molar-refractivity contribution in [2.24, 2.45) is 5.73 Å². The Kier molecular flexibility index (Phi) is 6.28. The van der Waals surface area contributed by atoms with Crippen LogP contribution in [0, 0.1) is 5.82 Å². The molecule has 2 N–H and O–H groups in total. The third-order valence-corrected chi connectivity index (χ3v) is 2.80. The van der Waals surface area contributed by atoms with Gasteiger partial charge in [0.2, 0.25) is 0 Å². The van der Waals surface area contributed by atoms with Crippen LogP contribution in [0.25, 0.3) is 0 Å². The van der Waals surface area contributed by atoms with E-state index >= 15 is 0 Å². The maximum Gasteiger partial charge on any atom is 0.161 e. The van der Waals surface area contributed by atoms with E-state index in [-0.39, 0.29) is 24.8 Å². The van der Waals surface area contributed by atoms with Gasteiger partial charge in [0.25, 0.3) is 0 Å². The molecule has 0 saturated carbocycles. The van der Waals surface area contributed by atoms with Crippen molar-refractivity contribution < 1.29 is 13.9 Å². The van der Waals surface area contributed by atoms with E-state index in [1.165, 1.54) is 6.07 Å². The molecule has 2 rings (SSSR count). The van der Waals surface area contributed by atoms with Gasteiger partial charge in [0.15, 0.2) is 11.5 Å². The molecule has 0 saturated heterocycles. The summed E-state index contributed by atoms with van der Waals surface area (Å²) in [6.45, 7) is 0.516. The van der Waals surface area contributed by atoms with E-state index in [0.29, 0.717) is 23.6 Å². The fourth-order valence-electron chi connectivity index (χ4n) is 1.76. The molecule has 0 radical (unpaired) electrons. The van der Waals surface area contributed by atoms with E-state index in [2.05, 4.69) is 0 Å². The minimum Gasteiger partial charge on any atom is -0.493 e. The molecule has 0 spiro atoms. The standard InChI is InChI=1S/C15H16FNO2.ClH/c1-18-14-4-2-3-5-15(14)19-10-12-8-11(9-17)6-7-13(12)16;/h2-8H,9-10,17H2,1H3;1H. The predicted octanol–water partition coefficient (Wildman–Crippen LogP) is 3.29. The van der Waals surface area contributed by atoms with Crippen LogP contribution in [0.3, 0.4) is 0 Å². The summed E-state index contributed by atoms with van der Waals surface area (Å²) in [4.78, 5) is 0. The quantitative estimate of drug-likeness (QED) is 0.921. The molecular formula is C15H17ClFNO2. The summed E-state index contributed by atoms with van der Waals surface area (Å²) < 4.78 is 24.4. The van der Waals surface area contributed by atoms with Crippen molar-refractivity contribution in [1.82, 2.24) is 0 Å². The van der Waals surface area contributed by atoms with Gasteiger partial charge in [-0.1, -0.05) is 18.2 Å². The Morgan fingerprint density at radius 2 is 1.80 bits per heavy atom. The molecule has 3 nitrogen and oxygen atoms in total. The average Bonchev–Trinajstić information content (AvgIpc) is 2.46. The summed E-state index contributed by atoms with van der Waals surface area (Å²) in [7, 11) is 1.57. The second kappa shape index (κ2) is 7.72. The van der Waals surface area contributed by atoms with E-state index in [9.17, 15) is 4.39 Å². The number of rotatable bonds is 5. The number of ether oxygens (including phenoxy) is 2. The summed E-state index contributed by atoms with van der Waals surface area (Å²) >= 11 is 0. The van der Waals surface area contributed by atoms with Gasteiger partial charge in [-0.25, -0.2) is 4.39 Å². The van der Waals surface area contributed by atoms with Crippen LogP contribution in [0.5, 0.6) is 11.5 Å². The lowest BCUT2D eigenvalue weighted by molar-refractivity contribution is 0.279. The summed E-state index contributed by atoms with van der Waals surface area (Å²) in [5.41, 5.74) is 6.89. The lowest BCUT2D eigenvalue weighted by Crippen LogP contribution is -2.03. The highest BCUT2D eigenvalue weighted by atomic mass is 35.5. The number of halogens is 2. The van der Waals surface area contributed by atoms with Crippen molar-refractivity contribution in [3.05, 3.63) is 59.4 Å². The summed E-state index contributed by atoms with van der Waals surface area (Å²) in [6.07, 6.45) is 0. The van der Waals surface area contributed by atoms with Crippen LogP contribution >= 0.6 is 12.4 Å². The lowest BCUT2D eigenvalue weighted by Gasteiger charge is -2.11. The minimum atomic E-state index is -0.299. The van der Waals surface area contributed by atoms with E-state index in [1.807, 2.05) is 12.1 Å². The maximum absolute atomic E-state index is 13.6. The van der Waals surface area contributed by atoms with Gasteiger partial charge < -0.3 is 15.2 Å². The van der Waals surface area contributed by atoms with Crippen LogP contribution in [0.4, 0.5) is 4.39 Å². The largest absolute Gasteiger partial charge is 0.493 e. The normalized spacial score (nSPS) is 9.75. The van der Waals surface area contributed by atoms with Gasteiger partial charge in [-0.3, -0.25) is 0 Å². The zero-order valence-corrected chi connectivity index (χ0v) is 12.0. The number of methoxy groups -OCH3 is 1. The van der Waals surface area contributed by atoms with Gasteiger partial charge in [0, 0.05) is 12.1 Å². The van der Waals surface area contributed by atoms with E-state index < -0.39 is 0 Å². The van der Waals surface area contributed by atoms with Crippen molar-refractivity contribution in [2.75, 3.05) is 7.11 Å². The van der Waals surface area contributed by atoms with Gasteiger partial charge in [0.1, 0.15) is 12.4 Å². The maximum atomic E-state index is 13.6. The molecule has 108 valence electrons. The second-order valence-electron chi connectivity index (χ2n) is 4.07. The Hall–Kier alpha value is -1.78. The van der Waals surface area contributed by atoms with Gasteiger partial charge in [0.05, 0.1) is 7.11 Å². The molecule has 20 heavy (non-hydrogen) atoms. The number of hydrogen-bond acceptors (Lipinski definition) is 3. The molecule has 0 aliphatic rings. The first-order valence-electron chi connectivity index (χ1n) is 5.97. The molecule has 0 atom stereocenters. The van der Waals surface area contributed by atoms with Crippen LogP contribution in [-0.2, 0) is 13.2 Å². The minimum absolute atomic E-state index is 0. The molecule has 0 aliphatic carbocycles. The molecule has 0 bridgehead atoms. The molecule has 5 heteroatoms. The summed E-state index contributed by atoms with van der Waals surface area (Å²) in [6, 6.07) is 12.0. The Morgan fingerprint density at radius 1 is 1.10 bits per heavy atom. The SMILES string of the molecule is COc1ccccc1OCc1cc(CN)ccc1F.Cl. The van der Waals surface area contributed by atoms with Crippen molar-refractivity contribution in [3.8, 4) is 11.5 Å². The smallest absolute Gasteiger partial charge is 0.161 e. The zero-order valence-electron chi connectivity index (χ0n) is 11.1. The molecule has 2 aromatic carbocycles. The zero-order chi connectivity index (χ0) is 13.7. The molecule has 2 aromatic rings. The highest BCUT2D eigenvalue weighted by molar-refractivity contribution is 5.85. The Balaban J connectivity index is 0.00000200. The van der Waals surface area contributed by atoms with E-state index in [4.69, 9.17) is 15.2 Å². The molecule has 0 unspecified atom stereocenters. The number of nitrogens with two attached hydrogens (primary N) is 1. The molecule has 0 amide bonds. The highest BCUT2D eigenvalue weighted by Crippen LogP contribution is 2.27. The van der Waals surface area contributed by atoms with E-state index in [1.54, 1.807) is 31.4 Å². The summed E-state index contributed by atoms with van der Waals surface area (Å²) in [5.74, 6) is 0.910. The van der Waals surface area contributed by atoms with Gasteiger partial charge in [-0.05, 0) is 29.8 Å². The van der Waals surface area contributed by atoms with Crippen LogP contribution in [0.2, 0.25) is 0 Å². The van der Waals surface area contributed by atoms with Crippen molar-refractivity contribution in [1.29, 1.82) is 0 Å². The van der Waals surface area contributed by atoms with Gasteiger partial charge in [-0.15, -0.1) is 12.4 Å². The predicted molar refractivity (Wildman–Crippen MR) is 78.9 cm³/mol. The Bertz CT molecular complexity index is 563. The van der Waals surface area contributed by atoms with Crippen LogP contribution in [0.1, 0.15) is 11.1 Å². The second-order valence-corrected chi connectivity index (χ2v) is 4.07. The molecule has 0 fully saturated rings. The van der Waals surface area contributed by atoms with Gasteiger partial charge >= 0.3 is 0 Å². The topological polar surface area (TPSA) is 44.5 Å². The first-order chi connectivity index (χ1) is 9.24. The first-order valence-corrected chi connectivity index (χ1v) is 5.97. The first kappa shape index (κ1) is 16.3. The monoisotopic (exact) mass is 297 g/mol. The van der Waals surface area contributed by atoms with Crippen LogP contribution < -0.4 is 15.2 Å². The third-order valence-electron chi connectivity index (χ3n) is 2.80. The summed E-state index contributed by atoms with van der Waals surface area (Å²) in [5, 5.41) is 0. The number of para-hydroxylation sites is 2. The third kappa shape index (κ3) is 3.85. The van der Waals surface area contributed by atoms with Gasteiger partial charge in [-0.2, -0.15) is 0 Å². The molecule has 0 aromatic heterocycles. The van der Waals surface area contributed by atoms with Crippen LogP contribution in [-0.4, -0.2) is 7.11 Å². The number of hydrogen-bond donors (Lipinski definition) is 1. The molecular weight excluding hydrogens is 281 g/mol. The van der Waals surface area contributed by atoms with Crippen molar-refractivity contribution in [3.63, 3.8) is 0 Å².